The van der Waals surface area contributed by atoms with Crippen LogP contribution in [0.15, 0.2) is 82.2 Å². The van der Waals surface area contributed by atoms with Gasteiger partial charge in [-0.3, -0.25) is 14.3 Å². The Morgan fingerprint density at radius 1 is 0.750 bits per heavy atom. The van der Waals surface area contributed by atoms with Crippen molar-refractivity contribution in [3.63, 3.8) is 0 Å². The van der Waals surface area contributed by atoms with Crippen LogP contribution in [0.4, 0.5) is 11.4 Å². The van der Waals surface area contributed by atoms with Crippen molar-refractivity contribution in [3.05, 3.63) is 88.4 Å². The van der Waals surface area contributed by atoms with Gasteiger partial charge in [-0.15, -0.1) is 0 Å². The molecule has 2 amide bonds. The zero-order valence-electron chi connectivity index (χ0n) is 14.3. The third-order valence-electron chi connectivity index (χ3n) is 4.30. The van der Waals surface area contributed by atoms with Gasteiger partial charge < -0.3 is 0 Å². The number of sulfonamides is 1. The molecule has 0 bridgehead atoms. The van der Waals surface area contributed by atoms with E-state index in [9.17, 15) is 18.0 Å². The van der Waals surface area contributed by atoms with Gasteiger partial charge in [-0.1, -0.05) is 28.1 Å². The first-order valence-corrected chi connectivity index (χ1v) is 10.5. The quantitative estimate of drug-likeness (QED) is 0.600. The summed E-state index contributed by atoms with van der Waals surface area (Å²) in [7, 11) is -3.80. The van der Waals surface area contributed by atoms with Crippen LogP contribution in [0.1, 0.15) is 20.7 Å². The first-order chi connectivity index (χ1) is 13.4. The molecule has 3 aromatic rings. The molecule has 28 heavy (non-hydrogen) atoms. The van der Waals surface area contributed by atoms with Crippen molar-refractivity contribution < 1.29 is 18.0 Å². The van der Waals surface area contributed by atoms with Crippen molar-refractivity contribution in [2.24, 2.45) is 0 Å². The largest absolute Gasteiger partial charge is 0.280 e. The van der Waals surface area contributed by atoms with E-state index >= 15 is 0 Å². The maximum atomic E-state index is 12.6. The van der Waals surface area contributed by atoms with Gasteiger partial charge in [-0.05, 0) is 60.7 Å². The molecule has 0 aromatic heterocycles. The Balaban J connectivity index is 1.60. The minimum atomic E-state index is -3.80. The number of carbonyl (C=O) groups excluding carboxylic acids is 2. The molecular weight excluding hydrogens is 444 g/mol. The number of benzene rings is 3. The van der Waals surface area contributed by atoms with Crippen molar-refractivity contribution in [1.82, 2.24) is 0 Å². The second-order valence-electron chi connectivity index (χ2n) is 6.10. The van der Waals surface area contributed by atoms with Gasteiger partial charge in [-0.25, -0.2) is 13.3 Å². The lowest BCUT2D eigenvalue weighted by molar-refractivity contribution is 0.0926. The Morgan fingerprint density at radius 3 is 1.82 bits per heavy atom. The normalized spacial score (nSPS) is 13.5. The number of carbonyl (C=O) groups is 2. The minimum Gasteiger partial charge on any atom is -0.280 e. The number of nitrogens with one attached hydrogen (secondary N) is 1. The molecule has 6 nitrogen and oxygen atoms in total. The molecule has 1 heterocycles. The summed E-state index contributed by atoms with van der Waals surface area (Å²) in [6, 6.07) is 18.9. The van der Waals surface area contributed by atoms with Crippen LogP contribution in [0.25, 0.3) is 0 Å². The number of amides is 2. The fourth-order valence-corrected chi connectivity index (χ4v) is 4.25. The van der Waals surface area contributed by atoms with Crippen molar-refractivity contribution in [2.45, 2.75) is 4.90 Å². The van der Waals surface area contributed by atoms with E-state index in [1.54, 1.807) is 48.5 Å². The molecule has 140 valence electrons. The van der Waals surface area contributed by atoms with Crippen LogP contribution >= 0.6 is 15.9 Å². The van der Waals surface area contributed by atoms with Crippen molar-refractivity contribution in [1.29, 1.82) is 0 Å². The third-order valence-corrected chi connectivity index (χ3v) is 6.22. The molecule has 1 N–H and O–H groups in total. The summed E-state index contributed by atoms with van der Waals surface area (Å²) in [5.74, 6) is -0.853. The average Bonchev–Trinajstić information content (AvgIpc) is 2.95. The van der Waals surface area contributed by atoms with E-state index in [0.717, 1.165) is 9.37 Å². The van der Waals surface area contributed by atoms with Gasteiger partial charge in [0, 0.05) is 10.2 Å². The lowest BCUT2D eigenvalue weighted by Crippen LogP contribution is -2.29. The van der Waals surface area contributed by atoms with Crippen LogP contribution in [-0.4, -0.2) is 20.2 Å². The maximum absolute atomic E-state index is 12.6. The molecule has 0 fully saturated rings. The molecule has 3 aromatic carbocycles. The summed E-state index contributed by atoms with van der Waals surface area (Å²) >= 11 is 3.29. The van der Waals surface area contributed by atoms with E-state index in [2.05, 4.69) is 20.7 Å². The Hall–Kier alpha value is -2.97. The minimum absolute atomic E-state index is 0.0239. The number of rotatable bonds is 4. The Morgan fingerprint density at radius 2 is 1.29 bits per heavy atom. The number of hydrogen-bond acceptors (Lipinski definition) is 4. The standard InChI is InChI=1S/C20H13BrN2O4S/c21-13-5-7-14(8-6-13)22-28(26,27)16-11-9-15(10-12-16)23-19(24)17-3-1-2-4-18(17)20(23)25/h1-12,22H. The first kappa shape index (κ1) is 18.4. The fourth-order valence-electron chi connectivity index (χ4n) is 2.93. The SMILES string of the molecule is O=C1c2ccccc2C(=O)N1c1ccc(S(=O)(=O)Nc2ccc(Br)cc2)cc1. The average molecular weight is 457 g/mol. The molecule has 1 aliphatic rings. The number of hydrogen-bond donors (Lipinski definition) is 1. The lowest BCUT2D eigenvalue weighted by atomic mass is 10.1. The van der Waals surface area contributed by atoms with Gasteiger partial charge in [0.2, 0.25) is 0 Å². The molecule has 0 aliphatic carbocycles. The molecule has 0 saturated carbocycles. The second-order valence-corrected chi connectivity index (χ2v) is 8.70. The highest BCUT2D eigenvalue weighted by Crippen LogP contribution is 2.29. The summed E-state index contributed by atoms with van der Waals surface area (Å²) in [5.41, 5.74) is 1.41. The van der Waals surface area contributed by atoms with Gasteiger partial charge in [0.15, 0.2) is 0 Å². The molecular formula is C20H13BrN2O4S. The Bertz CT molecular complexity index is 1150. The summed E-state index contributed by atoms with van der Waals surface area (Å²) in [4.78, 5) is 26.1. The summed E-state index contributed by atoms with van der Waals surface area (Å²) in [5, 5.41) is 0. The molecule has 0 unspecified atom stereocenters. The summed E-state index contributed by atoms with van der Waals surface area (Å²) in [6.45, 7) is 0. The maximum Gasteiger partial charge on any atom is 0.266 e. The molecule has 0 atom stereocenters. The van der Waals surface area contributed by atoms with Crippen LogP contribution < -0.4 is 9.62 Å². The highest BCUT2D eigenvalue weighted by molar-refractivity contribution is 9.10. The zero-order chi connectivity index (χ0) is 19.9. The Labute approximate surface area is 170 Å². The van der Waals surface area contributed by atoms with E-state index < -0.39 is 21.8 Å². The van der Waals surface area contributed by atoms with Gasteiger partial charge in [0.25, 0.3) is 21.8 Å². The van der Waals surface area contributed by atoms with E-state index in [-0.39, 0.29) is 4.90 Å². The molecule has 1 aliphatic heterocycles. The number of nitrogens with zero attached hydrogens (tertiary/aromatic N) is 1. The second kappa shape index (κ2) is 6.88. The van der Waals surface area contributed by atoms with Gasteiger partial charge in [0.1, 0.15) is 0 Å². The van der Waals surface area contributed by atoms with Crippen LogP contribution in [0, 0.1) is 0 Å². The number of halogens is 1. The Kier molecular flexibility index (Phi) is 4.52. The van der Waals surface area contributed by atoms with Crippen LogP contribution in [0.5, 0.6) is 0 Å². The topological polar surface area (TPSA) is 83.6 Å². The number of fused-ring (bicyclic) bond motifs is 1. The molecule has 8 heteroatoms. The zero-order valence-corrected chi connectivity index (χ0v) is 16.7. The lowest BCUT2D eigenvalue weighted by Gasteiger charge is -2.15. The summed E-state index contributed by atoms with van der Waals surface area (Å²) in [6.07, 6.45) is 0. The van der Waals surface area contributed by atoms with Crippen molar-refractivity contribution in [2.75, 3.05) is 9.62 Å². The smallest absolute Gasteiger partial charge is 0.266 e. The summed E-state index contributed by atoms with van der Waals surface area (Å²) < 4.78 is 28.4. The molecule has 4 rings (SSSR count). The first-order valence-electron chi connectivity index (χ1n) is 8.23. The van der Waals surface area contributed by atoms with Crippen LogP contribution in [0.3, 0.4) is 0 Å². The highest BCUT2D eigenvalue weighted by Gasteiger charge is 2.36. The van der Waals surface area contributed by atoms with Gasteiger partial charge in [-0.2, -0.15) is 0 Å². The monoisotopic (exact) mass is 456 g/mol. The highest BCUT2D eigenvalue weighted by atomic mass is 79.9. The van der Waals surface area contributed by atoms with E-state index in [0.29, 0.717) is 22.5 Å². The third kappa shape index (κ3) is 3.21. The van der Waals surface area contributed by atoms with Crippen LogP contribution in [-0.2, 0) is 10.0 Å². The molecule has 0 radical (unpaired) electrons. The van der Waals surface area contributed by atoms with Crippen molar-refractivity contribution in [3.8, 4) is 0 Å². The van der Waals surface area contributed by atoms with E-state index in [1.807, 2.05) is 0 Å². The molecule has 0 saturated heterocycles. The fraction of sp³-hybridized carbons (Fsp3) is 0. The van der Waals surface area contributed by atoms with Gasteiger partial charge >= 0.3 is 0 Å². The predicted octanol–water partition coefficient (Wildman–Crippen LogP) is 4.05. The molecule has 0 spiro atoms. The van der Waals surface area contributed by atoms with Crippen molar-refractivity contribution >= 4 is 49.1 Å². The van der Waals surface area contributed by atoms with Gasteiger partial charge in [0.05, 0.1) is 21.7 Å². The number of anilines is 2. The number of imide groups is 1. The van der Waals surface area contributed by atoms with E-state index in [1.165, 1.54) is 24.3 Å². The van der Waals surface area contributed by atoms with E-state index in [4.69, 9.17) is 0 Å². The predicted molar refractivity (Wildman–Crippen MR) is 109 cm³/mol. The van der Waals surface area contributed by atoms with Crippen LogP contribution in [0.2, 0.25) is 0 Å².